The molecule has 0 saturated heterocycles. The Morgan fingerprint density at radius 2 is 1.88 bits per heavy atom. The van der Waals surface area contributed by atoms with Crippen molar-refractivity contribution in [2.75, 3.05) is 11.6 Å². The van der Waals surface area contributed by atoms with Crippen LogP contribution in [-0.2, 0) is 15.6 Å². The summed E-state index contributed by atoms with van der Waals surface area (Å²) in [5.74, 6) is 1.34. The monoisotopic (exact) mass is 487 g/mol. The lowest BCUT2D eigenvalue weighted by Gasteiger charge is -2.35. The van der Waals surface area contributed by atoms with Crippen molar-refractivity contribution in [1.82, 2.24) is 18.7 Å². The average molecular weight is 488 g/mol. The zero-order valence-corrected chi connectivity index (χ0v) is 20.0. The van der Waals surface area contributed by atoms with Crippen LogP contribution in [0.1, 0.15) is 31.1 Å². The standard InChI is InChI=1S/C23H23F2N5O3S/c1-12-19(15-7-6-8-17-14(15)9-10-29(17)34(5,31)32)18(33-22(24)25)11-16-20(12)30-13(2)27-28-21(30)23(3,4)26-16/h6-11,22,26H,1-5H3. The number of nitrogens with one attached hydrogen (secondary N) is 1. The first-order valence-electron chi connectivity index (χ1n) is 10.5. The van der Waals surface area contributed by atoms with Gasteiger partial charge in [-0.3, -0.25) is 4.57 Å². The number of aromatic nitrogens is 4. The molecule has 0 atom stereocenters. The van der Waals surface area contributed by atoms with Gasteiger partial charge in [-0.15, -0.1) is 10.2 Å². The lowest BCUT2D eigenvalue weighted by Crippen LogP contribution is -2.36. The largest absolute Gasteiger partial charge is 0.434 e. The van der Waals surface area contributed by atoms with Crippen LogP contribution in [0, 0.1) is 13.8 Å². The Labute approximate surface area is 195 Å². The zero-order chi connectivity index (χ0) is 24.6. The van der Waals surface area contributed by atoms with E-state index in [0.29, 0.717) is 44.9 Å². The topological polar surface area (TPSA) is 91.0 Å². The van der Waals surface area contributed by atoms with Crippen molar-refractivity contribution in [2.45, 2.75) is 39.8 Å². The Balaban J connectivity index is 1.87. The molecule has 0 amide bonds. The molecule has 11 heteroatoms. The second-order valence-electron chi connectivity index (χ2n) is 8.92. The second kappa shape index (κ2) is 7.26. The summed E-state index contributed by atoms with van der Waals surface area (Å²) in [6.07, 6.45) is 2.56. The zero-order valence-electron chi connectivity index (χ0n) is 19.2. The van der Waals surface area contributed by atoms with E-state index in [2.05, 4.69) is 15.5 Å². The minimum absolute atomic E-state index is 0.0108. The molecule has 5 rings (SSSR count). The molecular formula is C23H23F2N5O3S. The predicted octanol–water partition coefficient (Wildman–Crippen LogP) is 4.58. The number of ether oxygens (including phenoxy) is 1. The maximum Gasteiger partial charge on any atom is 0.387 e. The van der Waals surface area contributed by atoms with Crippen LogP contribution in [0.3, 0.4) is 0 Å². The number of alkyl halides is 2. The highest BCUT2D eigenvalue weighted by Crippen LogP contribution is 2.47. The SMILES string of the molecule is Cc1c(-c2cccc3c2ccn3S(C)(=O)=O)c(OC(F)F)cc2c1-n1c(C)nnc1C(C)(C)N2. The van der Waals surface area contributed by atoms with Gasteiger partial charge in [0.15, 0.2) is 5.82 Å². The van der Waals surface area contributed by atoms with Gasteiger partial charge in [0.1, 0.15) is 11.6 Å². The number of hydrogen-bond donors (Lipinski definition) is 1. The number of nitrogens with zero attached hydrogens (tertiary/aromatic N) is 4. The normalized spacial score (nSPS) is 14.7. The van der Waals surface area contributed by atoms with Crippen molar-refractivity contribution in [2.24, 2.45) is 0 Å². The Kier molecular flexibility index (Phi) is 4.77. The molecule has 178 valence electrons. The summed E-state index contributed by atoms with van der Waals surface area (Å²) in [4.78, 5) is 0. The highest BCUT2D eigenvalue weighted by Gasteiger charge is 2.36. The van der Waals surface area contributed by atoms with Crippen molar-refractivity contribution >= 4 is 26.6 Å². The van der Waals surface area contributed by atoms with E-state index in [1.165, 1.54) is 10.2 Å². The van der Waals surface area contributed by atoms with Crippen LogP contribution < -0.4 is 10.1 Å². The van der Waals surface area contributed by atoms with E-state index < -0.39 is 22.2 Å². The molecule has 0 bridgehead atoms. The van der Waals surface area contributed by atoms with Gasteiger partial charge in [0.05, 0.1) is 28.7 Å². The van der Waals surface area contributed by atoms with E-state index in [1.54, 1.807) is 30.3 Å². The highest BCUT2D eigenvalue weighted by molar-refractivity contribution is 7.89. The van der Waals surface area contributed by atoms with Crippen molar-refractivity contribution in [3.8, 4) is 22.6 Å². The summed E-state index contributed by atoms with van der Waals surface area (Å²) in [6.45, 7) is 4.47. The van der Waals surface area contributed by atoms with Gasteiger partial charge >= 0.3 is 6.61 Å². The summed E-state index contributed by atoms with van der Waals surface area (Å²) < 4.78 is 59.6. The molecule has 0 aliphatic carbocycles. The average Bonchev–Trinajstić information content (AvgIpc) is 3.32. The molecule has 2 aromatic carbocycles. The lowest BCUT2D eigenvalue weighted by molar-refractivity contribution is -0.0494. The molecule has 8 nitrogen and oxygen atoms in total. The van der Waals surface area contributed by atoms with Crippen LogP contribution in [-0.4, -0.2) is 40.0 Å². The fraction of sp³-hybridized carbons (Fsp3) is 0.304. The highest BCUT2D eigenvalue weighted by atomic mass is 32.2. The number of anilines is 1. The number of hydrogen-bond acceptors (Lipinski definition) is 6. The van der Waals surface area contributed by atoms with E-state index in [0.717, 1.165) is 11.9 Å². The number of aryl methyl sites for hydroxylation is 1. The van der Waals surface area contributed by atoms with E-state index >= 15 is 0 Å². The molecule has 0 spiro atoms. The minimum atomic E-state index is -3.55. The van der Waals surface area contributed by atoms with Gasteiger partial charge in [0.25, 0.3) is 0 Å². The molecule has 1 aliphatic rings. The van der Waals surface area contributed by atoms with Crippen LogP contribution in [0.5, 0.6) is 5.75 Å². The lowest BCUT2D eigenvalue weighted by atomic mass is 9.91. The summed E-state index contributed by atoms with van der Waals surface area (Å²) in [5.41, 5.74) is 2.87. The summed E-state index contributed by atoms with van der Waals surface area (Å²) in [6, 6.07) is 8.35. The number of benzene rings is 2. The van der Waals surface area contributed by atoms with E-state index in [1.807, 2.05) is 32.3 Å². The maximum absolute atomic E-state index is 13.5. The van der Waals surface area contributed by atoms with Crippen LogP contribution in [0.15, 0.2) is 36.5 Å². The molecule has 0 saturated carbocycles. The molecule has 1 N–H and O–H groups in total. The number of rotatable bonds is 4. The molecule has 0 unspecified atom stereocenters. The van der Waals surface area contributed by atoms with Crippen LogP contribution in [0.25, 0.3) is 27.7 Å². The van der Waals surface area contributed by atoms with Gasteiger partial charge < -0.3 is 10.1 Å². The Morgan fingerprint density at radius 1 is 1.15 bits per heavy atom. The quantitative estimate of drug-likeness (QED) is 0.453. The molecule has 2 aromatic heterocycles. The maximum atomic E-state index is 13.5. The Morgan fingerprint density at radius 3 is 2.56 bits per heavy atom. The third kappa shape index (κ3) is 3.25. The fourth-order valence-electron chi connectivity index (χ4n) is 4.76. The summed E-state index contributed by atoms with van der Waals surface area (Å²) in [5, 5.41) is 12.5. The van der Waals surface area contributed by atoms with Crippen LogP contribution in [0.2, 0.25) is 0 Å². The molecular weight excluding hydrogens is 464 g/mol. The van der Waals surface area contributed by atoms with Crippen LogP contribution in [0.4, 0.5) is 14.5 Å². The van der Waals surface area contributed by atoms with Crippen LogP contribution >= 0.6 is 0 Å². The van der Waals surface area contributed by atoms with Crippen molar-refractivity contribution in [3.63, 3.8) is 0 Å². The Hall–Kier alpha value is -3.47. The van der Waals surface area contributed by atoms with Crippen molar-refractivity contribution in [1.29, 1.82) is 0 Å². The van der Waals surface area contributed by atoms with Crippen molar-refractivity contribution in [3.05, 3.63) is 53.7 Å². The third-order valence-electron chi connectivity index (χ3n) is 6.10. The first-order valence-corrected chi connectivity index (χ1v) is 12.4. The molecule has 34 heavy (non-hydrogen) atoms. The predicted molar refractivity (Wildman–Crippen MR) is 125 cm³/mol. The Bertz CT molecular complexity index is 1570. The third-order valence-corrected chi connectivity index (χ3v) is 7.13. The van der Waals surface area contributed by atoms with Gasteiger partial charge in [-0.2, -0.15) is 8.78 Å². The van der Waals surface area contributed by atoms with E-state index in [-0.39, 0.29) is 5.75 Å². The number of fused-ring (bicyclic) bond motifs is 4. The molecule has 3 heterocycles. The van der Waals surface area contributed by atoms with Gasteiger partial charge in [-0.1, -0.05) is 12.1 Å². The van der Waals surface area contributed by atoms with E-state index in [9.17, 15) is 17.2 Å². The fourth-order valence-corrected chi connectivity index (χ4v) is 5.56. The first-order chi connectivity index (χ1) is 15.9. The van der Waals surface area contributed by atoms with Gasteiger partial charge in [0, 0.05) is 23.2 Å². The van der Waals surface area contributed by atoms with Crippen molar-refractivity contribution < 1.29 is 21.9 Å². The second-order valence-corrected chi connectivity index (χ2v) is 10.8. The van der Waals surface area contributed by atoms with Gasteiger partial charge in [0.2, 0.25) is 10.0 Å². The summed E-state index contributed by atoms with van der Waals surface area (Å²) in [7, 11) is -3.55. The molecule has 0 fully saturated rings. The van der Waals surface area contributed by atoms with E-state index in [4.69, 9.17) is 4.74 Å². The molecule has 4 aromatic rings. The summed E-state index contributed by atoms with van der Waals surface area (Å²) >= 11 is 0. The molecule has 1 aliphatic heterocycles. The minimum Gasteiger partial charge on any atom is -0.434 e. The first kappa shape index (κ1) is 22.3. The number of halogens is 2. The smallest absolute Gasteiger partial charge is 0.387 e. The van der Waals surface area contributed by atoms with Gasteiger partial charge in [-0.05, 0) is 51.0 Å². The molecule has 0 radical (unpaired) electrons. The van der Waals surface area contributed by atoms with Gasteiger partial charge in [-0.25, -0.2) is 12.4 Å².